The summed E-state index contributed by atoms with van der Waals surface area (Å²) in [5, 5.41) is 0. The average molecular weight is 320 g/mol. The van der Waals surface area contributed by atoms with Crippen LogP contribution in [-0.4, -0.2) is 0 Å². The lowest BCUT2D eigenvalue weighted by Gasteiger charge is -2.21. The van der Waals surface area contributed by atoms with Crippen LogP contribution in [0.5, 0.6) is 0 Å². The Morgan fingerprint density at radius 3 is 1.43 bits per heavy atom. The molecule has 0 nitrogen and oxygen atoms in total. The molecule has 0 spiro atoms. The molecule has 0 saturated heterocycles. The summed E-state index contributed by atoms with van der Waals surface area (Å²) in [5.74, 6) is -2.09. The molecule has 0 amide bonds. The Bertz CT molecular complexity index is 709. The largest absolute Gasteiger partial charge is 0.206 e. The highest BCUT2D eigenvalue weighted by molar-refractivity contribution is 5.67. The molecule has 3 heteroatoms. The van der Waals surface area contributed by atoms with E-state index in [-0.39, 0.29) is 22.0 Å². The van der Waals surface area contributed by atoms with Crippen molar-refractivity contribution < 1.29 is 13.2 Å². The minimum Gasteiger partial charge on any atom is -0.206 e. The van der Waals surface area contributed by atoms with Crippen molar-refractivity contribution in [2.75, 3.05) is 0 Å². The van der Waals surface area contributed by atoms with E-state index in [2.05, 4.69) is 0 Å². The molecule has 0 aliphatic carbocycles. The Kier molecular flexibility index (Phi) is 4.36. The number of benzene rings is 2. The number of rotatable bonds is 1. The van der Waals surface area contributed by atoms with E-state index in [1.807, 2.05) is 41.5 Å². The summed E-state index contributed by atoms with van der Waals surface area (Å²) in [6.45, 7) is 11.5. The van der Waals surface area contributed by atoms with Gasteiger partial charge in [0.25, 0.3) is 0 Å². The molecule has 0 fully saturated rings. The van der Waals surface area contributed by atoms with Gasteiger partial charge in [-0.05, 0) is 40.2 Å². The van der Waals surface area contributed by atoms with Gasteiger partial charge in [0.05, 0.1) is 5.56 Å². The van der Waals surface area contributed by atoms with Crippen molar-refractivity contribution >= 4 is 0 Å². The van der Waals surface area contributed by atoms with Gasteiger partial charge in [0.2, 0.25) is 0 Å². The summed E-state index contributed by atoms with van der Waals surface area (Å²) < 4.78 is 43.3. The lowest BCUT2D eigenvalue weighted by molar-refractivity contribution is 0.545. The lowest BCUT2D eigenvalue weighted by atomic mass is 9.84. The van der Waals surface area contributed by atoms with Crippen molar-refractivity contribution in [3.05, 3.63) is 58.9 Å². The molecule has 0 aliphatic rings. The summed E-state index contributed by atoms with van der Waals surface area (Å²) in [6.07, 6.45) is 0. The van der Waals surface area contributed by atoms with E-state index in [4.69, 9.17) is 0 Å². The highest BCUT2D eigenvalue weighted by Gasteiger charge is 2.23. The summed E-state index contributed by atoms with van der Waals surface area (Å²) in [4.78, 5) is 0. The third kappa shape index (κ3) is 3.60. The molecule has 0 heterocycles. The zero-order valence-electron chi connectivity index (χ0n) is 14.5. The van der Waals surface area contributed by atoms with Crippen LogP contribution in [0.3, 0.4) is 0 Å². The van der Waals surface area contributed by atoms with Gasteiger partial charge in [-0.2, -0.15) is 0 Å². The quantitative estimate of drug-likeness (QED) is 0.573. The fraction of sp³-hybridized carbons (Fsp3) is 0.400. The Labute approximate surface area is 136 Å². The summed E-state index contributed by atoms with van der Waals surface area (Å²) in [6, 6.07) is 7.10. The first-order valence-electron chi connectivity index (χ1n) is 7.71. The maximum atomic E-state index is 14.4. The van der Waals surface area contributed by atoms with Crippen LogP contribution < -0.4 is 0 Å². The Morgan fingerprint density at radius 1 is 0.609 bits per heavy atom. The standard InChI is InChI=1S/C20H23F3/c1-19(2,3)12-7-8-14(15(21)9-12)18-16(22)10-13(11-17(18)23)20(4,5)6/h7-11H,1-6H3. The molecule has 0 aliphatic heterocycles. The first-order valence-corrected chi connectivity index (χ1v) is 7.71. The van der Waals surface area contributed by atoms with E-state index >= 15 is 0 Å². The third-order valence-corrected chi connectivity index (χ3v) is 4.01. The smallest absolute Gasteiger partial charge is 0.134 e. The Morgan fingerprint density at radius 2 is 1.04 bits per heavy atom. The van der Waals surface area contributed by atoms with Crippen molar-refractivity contribution in [2.45, 2.75) is 52.4 Å². The molecule has 2 aromatic carbocycles. The summed E-state index contributed by atoms with van der Waals surface area (Å²) in [5.41, 5.74) is 0.361. The average Bonchev–Trinajstić information content (AvgIpc) is 2.37. The second-order valence-electron chi connectivity index (χ2n) is 8.01. The molecule has 0 aromatic heterocycles. The highest BCUT2D eigenvalue weighted by atomic mass is 19.1. The van der Waals surface area contributed by atoms with Crippen LogP contribution in [0, 0.1) is 17.5 Å². The number of halogens is 3. The van der Waals surface area contributed by atoms with Gasteiger partial charge in [0.1, 0.15) is 17.5 Å². The number of hydrogen-bond donors (Lipinski definition) is 0. The molecular formula is C20H23F3. The maximum absolute atomic E-state index is 14.4. The lowest BCUT2D eigenvalue weighted by Crippen LogP contribution is -2.13. The second kappa shape index (κ2) is 5.70. The molecule has 0 N–H and O–H groups in total. The minimum absolute atomic E-state index is 0.0477. The first-order chi connectivity index (χ1) is 10.4. The molecule has 2 aromatic rings. The van der Waals surface area contributed by atoms with E-state index in [1.165, 1.54) is 24.3 Å². The van der Waals surface area contributed by atoms with Gasteiger partial charge in [-0.25, -0.2) is 13.2 Å². The molecule has 23 heavy (non-hydrogen) atoms. The topological polar surface area (TPSA) is 0 Å². The van der Waals surface area contributed by atoms with Gasteiger partial charge in [-0.3, -0.25) is 0 Å². The monoisotopic (exact) mass is 320 g/mol. The predicted molar refractivity (Wildman–Crippen MR) is 89.2 cm³/mol. The van der Waals surface area contributed by atoms with E-state index in [1.54, 1.807) is 6.07 Å². The molecule has 0 saturated carbocycles. The highest BCUT2D eigenvalue weighted by Crippen LogP contribution is 2.34. The minimum atomic E-state index is -0.739. The summed E-state index contributed by atoms with van der Waals surface area (Å²) in [7, 11) is 0. The van der Waals surface area contributed by atoms with Crippen molar-refractivity contribution in [3.8, 4) is 11.1 Å². The predicted octanol–water partition coefficient (Wildman–Crippen LogP) is 6.37. The van der Waals surface area contributed by atoms with Gasteiger partial charge < -0.3 is 0 Å². The van der Waals surface area contributed by atoms with Gasteiger partial charge in [0, 0.05) is 5.56 Å². The first kappa shape index (κ1) is 17.6. The number of hydrogen-bond acceptors (Lipinski definition) is 0. The SMILES string of the molecule is CC(C)(C)c1ccc(-c2c(F)cc(C(C)(C)C)cc2F)c(F)c1. The Balaban J connectivity index is 2.60. The van der Waals surface area contributed by atoms with Gasteiger partial charge in [-0.1, -0.05) is 53.7 Å². The molecule has 0 unspecified atom stereocenters. The van der Waals surface area contributed by atoms with Gasteiger partial charge >= 0.3 is 0 Å². The maximum Gasteiger partial charge on any atom is 0.134 e. The van der Waals surface area contributed by atoms with Crippen LogP contribution in [0.4, 0.5) is 13.2 Å². The van der Waals surface area contributed by atoms with Crippen molar-refractivity contribution in [2.24, 2.45) is 0 Å². The van der Waals surface area contributed by atoms with Crippen LogP contribution in [0.15, 0.2) is 30.3 Å². The fourth-order valence-electron chi connectivity index (χ4n) is 2.45. The van der Waals surface area contributed by atoms with Crippen LogP contribution >= 0.6 is 0 Å². The molecule has 0 bridgehead atoms. The van der Waals surface area contributed by atoms with Gasteiger partial charge in [-0.15, -0.1) is 0 Å². The molecule has 2 rings (SSSR count). The zero-order valence-corrected chi connectivity index (χ0v) is 14.5. The molecular weight excluding hydrogens is 297 g/mol. The van der Waals surface area contributed by atoms with E-state index in [0.717, 1.165) is 5.56 Å². The fourth-order valence-corrected chi connectivity index (χ4v) is 2.45. The van der Waals surface area contributed by atoms with Gasteiger partial charge in [0.15, 0.2) is 0 Å². The van der Waals surface area contributed by atoms with E-state index < -0.39 is 17.5 Å². The second-order valence-corrected chi connectivity index (χ2v) is 8.01. The van der Waals surface area contributed by atoms with Crippen molar-refractivity contribution in [1.82, 2.24) is 0 Å². The van der Waals surface area contributed by atoms with E-state index in [0.29, 0.717) is 5.56 Å². The van der Waals surface area contributed by atoms with Crippen molar-refractivity contribution in [3.63, 3.8) is 0 Å². The normalized spacial score (nSPS) is 12.6. The van der Waals surface area contributed by atoms with E-state index in [9.17, 15) is 13.2 Å². The molecule has 0 radical (unpaired) electrons. The zero-order chi connectivity index (χ0) is 17.6. The van der Waals surface area contributed by atoms with Crippen LogP contribution in [0.2, 0.25) is 0 Å². The summed E-state index contributed by atoms with van der Waals surface area (Å²) >= 11 is 0. The molecule has 0 atom stereocenters. The van der Waals surface area contributed by atoms with Crippen LogP contribution in [-0.2, 0) is 10.8 Å². The Hall–Kier alpha value is -1.77. The van der Waals surface area contributed by atoms with Crippen LogP contribution in [0.1, 0.15) is 52.7 Å². The third-order valence-electron chi connectivity index (χ3n) is 4.01. The van der Waals surface area contributed by atoms with Crippen molar-refractivity contribution in [1.29, 1.82) is 0 Å². The molecule has 124 valence electrons. The van der Waals surface area contributed by atoms with Crippen LogP contribution in [0.25, 0.3) is 11.1 Å².